The molecule has 2 aliphatic rings. The second-order valence-electron chi connectivity index (χ2n) is 8.56. The number of rotatable bonds is 6. The maximum absolute atomic E-state index is 15.1. The van der Waals surface area contributed by atoms with E-state index in [2.05, 4.69) is 33.4 Å². The Morgan fingerprint density at radius 2 is 2.03 bits per heavy atom. The Morgan fingerprint density at radius 1 is 1.18 bits per heavy atom. The van der Waals surface area contributed by atoms with Gasteiger partial charge in [-0.2, -0.15) is 0 Å². The van der Waals surface area contributed by atoms with E-state index >= 15 is 4.39 Å². The number of nitrogens with zero attached hydrogens (tertiary/aromatic N) is 5. The van der Waals surface area contributed by atoms with Gasteiger partial charge in [0.25, 0.3) is 0 Å². The first-order valence-corrected chi connectivity index (χ1v) is 11.2. The van der Waals surface area contributed by atoms with Crippen molar-refractivity contribution in [2.75, 3.05) is 24.5 Å². The number of aryl methyl sites for hydroxylation is 1. The lowest BCUT2D eigenvalue weighted by atomic mass is 9.98. The van der Waals surface area contributed by atoms with E-state index in [0.29, 0.717) is 24.3 Å². The maximum Gasteiger partial charge on any atom is 0.414 e. The Labute approximate surface area is 192 Å². The first-order valence-electron chi connectivity index (χ1n) is 11.2. The molecule has 33 heavy (non-hydrogen) atoms. The van der Waals surface area contributed by atoms with Crippen molar-refractivity contribution < 1.29 is 13.9 Å². The van der Waals surface area contributed by atoms with Crippen molar-refractivity contribution in [2.24, 2.45) is 0 Å². The molecular formula is C25H26FN5O2. The van der Waals surface area contributed by atoms with Gasteiger partial charge in [-0.3, -0.25) is 9.80 Å². The highest BCUT2D eigenvalue weighted by atomic mass is 19.1. The van der Waals surface area contributed by atoms with E-state index in [4.69, 9.17) is 4.74 Å². The molecule has 3 heterocycles. The van der Waals surface area contributed by atoms with Gasteiger partial charge in [0.1, 0.15) is 11.9 Å². The Hall–Kier alpha value is -3.52. The number of cyclic esters (lactones) is 1. The largest absolute Gasteiger partial charge is 0.442 e. The number of halogens is 1. The molecule has 3 aromatic rings. The molecule has 1 aromatic heterocycles. The van der Waals surface area contributed by atoms with Crippen LogP contribution in [0.5, 0.6) is 0 Å². The summed E-state index contributed by atoms with van der Waals surface area (Å²) in [4.78, 5) is 16.2. The van der Waals surface area contributed by atoms with Gasteiger partial charge in [-0.05, 0) is 42.7 Å². The summed E-state index contributed by atoms with van der Waals surface area (Å²) in [6.45, 7) is 5.16. The van der Waals surface area contributed by atoms with Crippen molar-refractivity contribution in [1.82, 2.24) is 19.9 Å². The average molecular weight is 448 g/mol. The van der Waals surface area contributed by atoms with E-state index in [0.717, 1.165) is 37.3 Å². The number of carbonyl (C=O) groups is 1. The zero-order valence-electron chi connectivity index (χ0n) is 18.5. The minimum absolute atomic E-state index is 0.321. The fraction of sp³-hybridized carbons (Fsp3) is 0.320. The number of benzene rings is 2. The molecule has 0 N–H and O–H groups in total. The number of amides is 1. The van der Waals surface area contributed by atoms with E-state index in [1.807, 2.05) is 25.1 Å². The summed E-state index contributed by atoms with van der Waals surface area (Å²) in [6.07, 6.45) is 3.85. The Morgan fingerprint density at radius 3 is 2.73 bits per heavy atom. The van der Waals surface area contributed by atoms with Crippen molar-refractivity contribution in [3.63, 3.8) is 0 Å². The zero-order valence-corrected chi connectivity index (χ0v) is 18.5. The predicted octanol–water partition coefficient (Wildman–Crippen LogP) is 4.04. The normalized spacial score (nSPS) is 19.0. The minimum atomic E-state index is -0.475. The van der Waals surface area contributed by atoms with Crippen molar-refractivity contribution in [3.8, 4) is 0 Å². The van der Waals surface area contributed by atoms with Crippen molar-refractivity contribution >= 4 is 17.4 Å². The summed E-state index contributed by atoms with van der Waals surface area (Å²) in [6, 6.07) is 15.3. The van der Waals surface area contributed by atoms with Gasteiger partial charge < -0.3 is 4.74 Å². The SMILES string of the molecule is Cc1cn(C[C@H]2CN(c3ccc(C4=CCN(Cc5ccccc5)CC4)c(F)c3)C(=O)O2)nn1. The van der Waals surface area contributed by atoms with Crippen LogP contribution in [0.1, 0.15) is 23.2 Å². The lowest BCUT2D eigenvalue weighted by Gasteiger charge is -2.27. The average Bonchev–Trinajstić information content (AvgIpc) is 3.39. The molecule has 2 aliphatic heterocycles. The molecule has 5 rings (SSSR count). The van der Waals surface area contributed by atoms with Gasteiger partial charge >= 0.3 is 6.09 Å². The maximum atomic E-state index is 15.1. The molecule has 0 bridgehead atoms. The fourth-order valence-electron chi connectivity index (χ4n) is 4.39. The third kappa shape index (κ3) is 4.80. The standard InChI is InChI=1S/C25H26FN5O2/c1-18-14-30(28-27-18)16-22-17-31(25(32)33-22)21-7-8-23(24(26)13-21)20-9-11-29(12-10-20)15-19-5-3-2-4-6-19/h2-9,13-14,22H,10-12,15-17H2,1H3/t22-/m0/s1. The van der Waals surface area contributed by atoms with Gasteiger partial charge in [0, 0.05) is 31.4 Å². The van der Waals surface area contributed by atoms with Crippen molar-refractivity contribution in [1.29, 1.82) is 0 Å². The molecular weight excluding hydrogens is 421 g/mol. The predicted molar refractivity (Wildman–Crippen MR) is 123 cm³/mol. The molecule has 0 unspecified atom stereocenters. The number of aromatic nitrogens is 3. The smallest absolute Gasteiger partial charge is 0.414 e. The summed E-state index contributed by atoms with van der Waals surface area (Å²) >= 11 is 0. The molecule has 1 fully saturated rings. The Kier molecular flexibility index (Phi) is 5.92. The number of carbonyl (C=O) groups excluding carboxylic acids is 1. The Balaban J connectivity index is 1.23. The van der Waals surface area contributed by atoms with Crippen LogP contribution in [-0.2, 0) is 17.8 Å². The monoisotopic (exact) mass is 447 g/mol. The molecule has 0 aliphatic carbocycles. The molecule has 0 radical (unpaired) electrons. The quantitative estimate of drug-likeness (QED) is 0.571. The molecule has 7 nitrogen and oxygen atoms in total. The van der Waals surface area contributed by atoms with E-state index in [-0.39, 0.29) is 11.9 Å². The van der Waals surface area contributed by atoms with Crippen LogP contribution in [0.15, 0.2) is 60.8 Å². The summed E-state index contributed by atoms with van der Waals surface area (Å²) in [5.41, 5.74) is 4.18. The molecule has 0 spiro atoms. The molecule has 8 heteroatoms. The first-order chi connectivity index (χ1) is 16.0. The van der Waals surface area contributed by atoms with Gasteiger partial charge in [0.15, 0.2) is 0 Å². The van der Waals surface area contributed by atoms with E-state index < -0.39 is 6.09 Å². The van der Waals surface area contributed by atoms with E-state index in [1.54, 1.807) is 23.0 Å². The van der Waals surface area contributed by atoms with Crippen LogP contribution in [0.4, 0.5) is 14.9 Å². The van der Waals surface area contributed by atoms with Gasteiger partial charge in [-0.15, -0.1) is 5.10 Å². The van der Waals surface area contributed by atoms with Gasteiger partial charge in [-0.25, -0.2) is 13.9 Å². The van der Waals surface area contributed by atoms with Crippen LogP contribution in [0.25, 0.3) is 5.57 Å². The third-order valence-electron chi connectivity index (χ3n) is 6.07. The topological polar surface area (TPSA) is 63.5 Å². The number of hydrogen-bond donors (Lipinski definition) is 0. The molecule has 1 atom stereocenters. The number of ether oxygens (including phenoxy) is 1. The molecule has 2 aromatic carbocycles. The Bertz CT molecular complexity index is 1180. The second-order valence-corrected chi connectivity index (χ2v) is 8.56. The van der Waals surface area contributed by atoms with Crippen LogP contribution in [0.3, 0.4) is 0 Å². The molecule has 1 saturated heterocycles. The van der Waals surface area contributed by atoms with Crippen LogP contribution < -0.4 is 4.90 Å². The lowest BCUT2D eigenvalue weighted by molar-refractivity contribution is 0.129. The first kappa shape index (κ1) is 21.3. The number of anilines is 1. The summed E-state index contributed by atoms with van der Waals surface area (Å²) < 4.78 is 22.1. The van der Waals surface area contributed by atoms with E-state index in [9.17, 15) is 4.79 Å². The molecule has 0 saturated carbocycles. The highest BCUT2D eigenvalue weighted by Gasteiger charge is 2.33. The van der Waals surface area contributed by atoms with Crippen molar-refractivity contribution in [2.45, 2.75) is 32.5 Å². The molecule has 1 amide bonds. The summed E-state index contributed by atoms with van der Waals surface area (Å²) in [5, 5.41) is 7.94. The third-order valence-corrected chi connectivity index (χ3v) is 6.07. The van der Waals surface area contributed by atoms with Crippen LogP contribution in [0, 0.1) is 12.7 Å². The van der Waals surface area contributed by atoms with Crippen LogP contribution >= 0.6 is 0 Å². The van der Waals surface area contributed by atoms with Crippen LogP contribution in [0.2, 0.25) is 0 Å². The highest BCUT2D eigenvalue weighted by molar-refractivity contribution is 5.90. The minimum Gasteiger partial charge on any atom is -0.442 e. The van der Waals surface area contributed by atoms with Gasteiger partial charge in [0.2, 0.25) is 0 Å². The highest BCUT2D eigenvalue weighted by Crippen LogP contribution is 2.30. The summed E-state index contributed by atoms with van der Waals surface area (Å²) in [7, 11) is 0. The lowest BCUT2D eigenvalue weighted by Crippen LogP contribution is -2.28. The summed E-state index contributed by atoms with van der Waals surface area (Å²) in [5.74, 6) is -0.321. The molecule has 170 valence electrons. The van der Waals surface area contributed by atoms with Gasteiger partial charge in [0.05, 0.1) is 24.5 Å². The number of hydrogen-bond acceptors (Lipinski definition) is 5. The second kappa shape index (κ2) is 9.15. The zero-order chi connectivity index (χ0) is 22.8. The van der Waals surface area contributed by atoms with E-state index in [1.165, 1.54) is 16.5 Å². The fourth-order valence-corrected chi connectivity index (χ4v) is 4.39. The van der Waals surface area contributed by atoms with Gasteiger partial charge in [-0.1, -0.05) is 41.6 Å². The van der Waals surface area contributed by atoms with Crippen LogP contribution in [-0.4, -0.2) is 51.7 Å². The van der Waals surface area contributed by atoms with Crippen molar-refractivity contribution in [3.05, 3.63) is 83.4 Å².